The van der Waals surface area contributed by atoms with Crippen molar-refractivity contribution in [2.45, 2.75) is 69.0 Å². The Morgan fingerprint density at radius 3 is 2.34 bits per heavy atom. The molecule has 6 nitrogen and oxygen atoms in total. The number of likely N-dealkylation sites (tertiary alicyclic amines) is 1. The predicted molar refractivity (Wildman–Crippen MR) is 154 cm³/mol. The fourth-order valence-corrected chi connectivity index (χ4v) is 7.63. The van der Waals surface area contributed by atoms with E-state index in [9.17, 15) is 18.4 Å². The third-order valence-electron chi connectivity index (χ3n) is 8.97. The summed E-state index contributed by atoms with van der Waals surface area (Å²) >= 11 is 0. The predicted octanol–water partition coefficient (Wildman–Crippen LogP) is 4.90. The number of alkyl halides is 2. The average molecular weight is 563 g/mol. The average Bonchev–Trinajstić information content (AvgIpc) is 3.62. The minimum absolute atomic E-state index is 0.0279. The van der Waals surface area contributed by atoms with Gasteiger partial charge in [0.15, 0.2) is 0 Å². The zero-order valence-electron chi connectivity index (χ0n) is 22.2. The molecule has 3 fully saturated rings. The van der Waals surface area contributed by atoms with Crippen molar-refractivity contribution in [1.29, 1.82) is 0 Å². The maximum atomic E-state index is 13.8. The standard InChI is InChI=1S/C28H38F2N4O2P2/c1-15-19(5-4-6-20(15)25(29)30)16(2)31-26(36)21-14-34(28(9-10-28)27(37)38)23(35)11-22(21)32-24-17-7-8-18(24)13-33(3)12-17/h4-6,11,14,16-18,24-25,27,32H,7-10,12-13,37-38H2,1-3H3,(H,31,36)/t16-,17-,18+,24?/m1/s1. The number of halogens is 2. The first-order valence-electron chi connectivity index (χ1n) is 13.4. The Bertz CT molecular complexity index is 1270. The van der Waals surface area contributed by atoms with Gasteiger partial charge >= 0.3 is 0 Å². The van der Waals surface area contributed by atoms with Crippen LogP contribution in [0.3, 0.4) is 0 Å². The molecule has 1 aromatic carbocycles. The molecule has 38 heavy (non-hydrogen) atoms. The first-order valence-corrected chi connectivity index (χ1v) is 14.8. The van der Waals surface area contributed by atoms with Gasteiger partial charge in [-0.2, -0.15) is 0 Å². The van der Waals surface area contributed by atoms with Gasteiger partial charge in [0.05, 0.1) is 22.8 Å². The van der Waals surface area contributed by atoms with Gasteiger partial charge < -0.3 is 20.1 Å². The van der Waals surface area contributed by atoms with Gasteiger partial charge in [0.1, 0.15) is 0 Å². The van der Waals surface area contributed by atoms with E-state index in [-0.39, 0.29) is 34.0 Å². The lowest BCUT2D eigenvalue weighted by atomic mass is 9.92. The van der Waals surface area contributed by atoms with Crippen LogP contribution in [0.4, 0.5) is 14.5 Å². The molecule has 6 atom stereocenters. The van der Waals surface area contributed by atoms with Crippen LogP contribution >= 0.6 is 18.5 Å². The number of pyridine rings is 1. The molecule has 2 aromatic rings. The van der Waals surface area contributed by atoms with E-state index >= 15 is 0 Å². The second-order valence-electron chi connectivity index (χ2n) is 11.5. The van der Waals surface area contributed by atoms with Crippen molar-refractivity contribution in [2.75, 3.05) is 25.5 Å². The van der Waals surface area contributed by atoms with E-state index in [1.54, 1.807) is 42.8 Å². The van der Waals surface area contributed by atoms with E-state index < -0.39 is 12.5 Å². The first-order chi connectivity index (χ1) is 18.0. The number of benzene rings is 1. The van der Waals surface area contributed by atoms with Gasteiger partial charge in [-0.1, -0.05) is 18.2 Å². The van der Waals surface area contributed by atoms with Gasteiger partial charge in [0.25, 0.3) is 17.9 Å². The zero-order valence-corrected chi connectivity index (χ0v) is 24.5. The van der Waals surface area contributed by atoms with E-state index in [4.69, 9.17) is 0 Å². The van der Waals surface area contributed by atoms with E-state index in [0.717, 1.165) is 38.8 Å². The van der Waals surface area contributed by atoms with Gasteiger partial charge in [-0.05, 0) is 69.5 Å². The minimum atomic E-state index is -2.58. The lowest BCUT2D eigenvalue weighted by Gasteiger charge is -2.37. The van der Waals surface area contributed by atoms with Crippen molar-refractivity contribution < 1.29 is 13.6 Å². The molecule has 2 N–H and O–H groups in total. The highest BCUT2D eigenvalue weighted by Gasteiger charge is 2.49. The number of carbonyl (C=O) groups excluding carboxylic acids is 1. The summed E-state index contributed by atoms with van der Waals surface area (Å²) in [5, 5.41) is 6.75. The number of amides is 1. The van der Waals surface area contributed by atoms with Crippen molar-refractivity contribution in [3.8, 4) is 0 Å². The van der Waals surface area contributed by atoms with Gasteiger partial charge in [0.2, 0.25) is 0 Å². The van der Waals surface area contributed by atoms with Crippen LogP contribution in [0, 0.1) is 18.8 Å². The van der Waals surface area contributed by atoms with Crippen LogP contribution in [0.1, 0.15) is 72.1 Å². The number of hydrogen-bond acceptors (Lipinski definition) is 4. The Kier molecular flexibility index (Phi) is 7.72. The largest absolute Gasteiger partial charge is 0.381 e. The minimum Gasteiger partial charge on any atom is -0.381 e. The van der Waals surface area contributed by atoms with E-state index in [1.807, 2.05) is 0 Å². The molecule has 10 heteroatoms. The molecule has 3 aliphatic rings. The normalized spacial score (nSPS) is 25.0. The molecule has 206 valence electrons. The second kappa shape index (κ2) is 10.6. The lowest BCUT2D eigenvalue weighted by molar-refractivity contribution is 0.0939. The molecule has 5 rings (SSSR count). The number of rotatable bonds is 8. The molecule has 1 amide bonds. The number of hydrogen-bond donors (Lipinski definition) is 2. The molecular weight excluding hydrogens is 524 g/mol. The fourth-order valence-electron chi connectivity index (χ4n) is 6.65. The quantitative estimate of drug-likeness (QED) is 0.450. The number of anilines is 1. The van der Waals surface area contributed by atoms with Crippen LogP contribution in [-0.4, -0.2) is 47.0 Å². The molecular formula is C28H38F2N4O2P2. The van der Waals surface area contributed by atoms with Crippen molar-refractivity contribution in [1.82, 2.24) is 14.8 Å². The third-order valence-corrected chi connectivity index (χ3v) is 10.2. The molecule has 2 aliphatic carbocycles. The van der Waals surface area contributed by atoms with Crippen LogP contribution in [0.25, 0.3) is 0 Å². The molecule has 1 saturated heterocycles. The molecule has 2 heterocycles. The van der Waals surface area contributed by atoms with Gasteiger partial charge in [-0.3, -0.25) is 9.59 Å². The Hall–Kier alpha value is -1.88. The smallest absolute Gasteiger partial charge is 0.264 e. The highest BCUT2D eigenvalue weighted by atomic mass is 31.1. The number of aromatic nitrogens is 1. The van der Waals surface area contributed by atoms with Crippen LogP contribution in [0.2, 0.25) is 0 Å². The Labute approximate surface area is 227 Å². The Balaban J connectivity index is 1.49. The summed E-state index contributed by atoms with van der Waals surface area (Å²) in [6.07, 6.45) is 3.13. The molecule has 1 aromatic heterocycles. The topological polar surface area (TPSA) is 66.4 Å². The highest BCUT2D eigenvalue weighted by Crippen LogP contribution is 2.51. The van der Waals surface area contributed by atoms with Gasteiger partial charge in [0, 0.05) is 42.4 Å². The van der Waals surface area contributed by atoms with Crippen LogP contribution in [0.15, 0.2) is 35.3 Å². The third kappa shape index (κ3) is 5.05. The molecule has 1 aliphatic heterocycles. The van der Waals surface area contributed by atoms with E-state index in [0.29, 0.717) is 34.2 Å². The van der Waals surface area contributed by atoms with Crippen LogP contribution < -0.4 is 16.2 Å². The monoisotopic (exact) mass is 562 g/mol. The first kappa shape index (κ1) is 27.7. The highest BCUT2D eigenvalue weighted by molar-refractivity contribution is 7.38. The van der Waals surface area contributed by atoms with Crippen molar-refractivity contribution >= 4 is 30.1 Å². The Morgan fingerprint density at radius 2 is 1.76 bits per heavy atom. The lowest BCUT2D eigenvalue weighted by Crippen LogP contribution is -2.47. The molecule has 3 unspecified atom stereocenters. The number of carbonyl (C=O) groups is 1. The second-order valence-corrected chi connectivity index (χ2v) is 13.7. The number of fused-ring (bicyclic) bond motifs is 2. The molecule has 0 spiro atoms. The summed E-state index contributed by atoms with van der Waals surface area (Å²) in [5.74, 6) is 0.610. The fraction of sp³-hybridized carbons (Fsp3) is 0.571. The van der Waals surface area contributed by atoms with Crippen molar-refractivity contribution in [3.05, 3.63) is 63.1 Å². The number of nitrogens with one attached hydrogen (secondary N) is 2. The summed E-state index contributed by atoms with van der Waals surface area (Å²) in [6.45, 7) is 5.46. The van der Waals surface area contributed by atoms with E-state index in [2.05, 4.69) is 41.1 Å². The maximum Gasteiger partial charge on any atom is 0.264 e. The maximum absolute atomic E-state index is 13.8. The summed E-state index contributed by atoms with van der Waals surface area (Å²) in [4.78, 5) is 29.5. The molecule has 2 saturated carbocycles. The molecule has 0 radical (unpaired) electrons. The summed E-state index contributed by atoms with van der Waals surface area (Å²) in [7, 11) is 7.68. The SMILES string of the molecule is Cc1c(C(F)F)cccc1[C@@H](C)NC(=O)c1cn(C2(C(P)P)CC2)c(=O)cc1NC1[C@@H]2CC[C@H]1CN(C)C2. The van der Waals surface area contributed by atoms with E-state index in [1.165, 1.54) is 6.07 Å². The zero-order chi connectivity index (χ0) is 27.4. The Morgan fingerprint density at radius 1 is 1.13 bits per heavy atom. The summed E-state index contributed by atoms with van der Waals surface area (Å²) in [6, 6.07) is 6.10. The van der Waals surface area contributed by atoms with Crippen molar-refractivity contribution in [2.24, 2.45) is 11.8 Å². The van der Waals surface area contributed by atoms with Crippen LogP contribution in [-0.2, 0) is 5.54 Å². The summed E-state index contributed by atoms with van der Waals surface area (Å²) in [5.41, 5.74) is 1.62. The summed E-state index contributed by atoms with van der Waals surface area (Å²) < 4.78 is 28.7. The van der Waals surface area contributed by atoms with Gasteiger partial charge in [-0.25, -0.2) is 8.78 Å². The van der Waals surface area contributed by atoms with Crippen molar-refractivity contribution in [3.63, 3.8) is 0 Å². The molecule has 2 bridgehead atoms. The number of piperidine rings is 1. The van der Waals surface area contributed by atoms with Crippen LogP contribution in [0.5, 0.6) is 0 Å². The number of nitrogens with zero attached hydrogens (tertiary/aromatic N) is 2. The van der Waals surface area contributed by atoms with Gasteiger partial charge in [-0.15, -0.1) is 18.5 Å².